The minimum atomic E-state index is -3.51. The summed E-state index contributed by atoms with van der Waals surface area (Å²) in [6.45, 7) is 1.67. The van der Waals surface area contributed by atoms with Gasteiger partial charge in [0, 0.05) is 23.4 Å². The van der Waals surface area contributed by atoms with E-state index in [0.717, 1.165) is 10.8 Å². The van der Waals surface area contributed by atoms with E-state index in [1.165, 1.54) is 30.5 Å². The molecule has 9 heteroatoms. The predicted octanol–water partition coefficient (Wildman–Crippen LogP) is 5.21. The van der Waals surface area contributed by atoms with Gasteiger partial charge in [-0.25, -0.2) is 22.2 Å². The summed E-state index contributed by atoms with van der Waals surface area (Å²) in [5, 5.41) is 9.88. The minimum absolute atomic E-state index is 0.132. The summed E-state index contributed by atoms with van der Waals surface area (Å²) in [6, 6.07) is 10.7. The van der Waals surface area contributed by atoms with Gasteiger partial charge in [0.25, 0.3) is 0 Å². The Morgan fingerprint density at radius 1 is 1.00 bits per heavy atom. The molecule has 32 heavy (non-hydrogen) atoms. The highest BCUT2D eigenvalue weighted by Crippen LogP contribution is 2.43. The van der Waals surface area contributed by atoms with E-state index in [-0.39, 0.29) is 22.2 Å². The molecule has 1 aliphatic carbocycles. The smallest absolute Gasteiger partial charge is 0.181 e. The Balaban J connectivity index is 1.72. The molecule has 1 fully saturated rings. The molecular weight excluding hydrogens is 438 g/mol. The van der Waals surface area contributed by atoms with Crippen LogP contribution in [0.25, 0.3) is 22.5 Å². The Morgan fingerprint density at radius 3 is 2.47 bits per heavy atom. The van der Waals surface area contributed by atoms with E-state index in [0.29, 0.717) is 41.3 Å². The molecule has 0 amide bonds. The van der Waals surface area contributed by atoms with Gasteiger partial charge in [-0.05, 0) is 67.8 Å². The van der Waals surface area contributed by atoms with Crippen LogP contribution in [-0.4, -0.2) is 28.6 Å². The molecule has 0 saturated heterocycles. The Kier molecular flexibility index (Phi) is 4.67. The maximum Gasteiger partial charge on any atom is 0.181 e. The fraction of sp³-hybridized carbons (Fsp3) is 0.174. The Labute approximate surface area is 182 Å². The second kappa shape index (κ2) is 7.30. The highest BCUT2D eigenvalue weighted by Gasteiger charge is 2.37. The van der Waals surface area contributed by atoms with E-state index in [4.69, 9.17) is 4.74 Å². The van der Waals surface area contributed by atoms with Gasteiger partial charge in [-0.3, -0.25) is 0 Å². The number of nitrogens with zero attached hydrogens (tertiary/aromatic N) is 2. The van der Waals surface area contributed by atoms with Gasteiger partial charge >= 0.3 is 0 Å². The van der Waals surface area contributed by atoms with E-state index in [9.17, 15) is 22.4 Å². The molecule has 1 saturated carbocycles. The van der Waals surface area contributed by atoms with Crippen molar-refractivity contribution in [3.8, 4) is 34.0 Å². The molecule has 2 heterocycles. The molecule has 1 N–H and O–H groups in total. The van der Waals surface area contributed by atoms with E-state index in [2.05, 4.69) is 4.98 Å². The van der Waals surface area contributed by atoms with Gasteiger partial charge in [0.1, 0.15) is 11.6 Å². The van der Waals surface area contributed by atoms with Crippen LogP contribution in [0.5, 0.6) is 11.5 Å². The first-order valence-corrected chi connectivity index (χ1v) is 11.5. The lowest BCUT2D eigenvalue weighted by Crippen LogP contribution is -2.08. The Hall–Kier alpha value is -3.46. The standard InChI is InChI=1S/C23H18F2N2O4S/c1-13-10-18(17-8-9-26-23(17)27(13)28)19-12-16(32(29,30)15-3-4-15)5-7-21(19)31-22-6-2-14(24)11-20(22)25/h2,5-12,15,28H,3-4H2,1H3. The molecule has 3 aliphatic rings. The minimum Gasteiger partial charge on any atom is -0.454 e. The molecule has 2 aliphatic heterocycles. The van der Waals surface area contributed by atoms with Crippen LogP contribution in [0.15, 0.2) is 59.6 Å². The Bertz CT molecular complexity index is 1430. The number of fused-ring (bicyclic) bond motifs is 1. The average Bonchev–Trinajstić information content (AvgIpc) is 3.51. The number of rotatable bonds is 5. The number of aromatic nitrogens is 2. The first kappa shape index (κ1) is 20.4. The van der Waals surface area contributed by atoms with Gasteiger partial charge in [0.2, 0.25) is 0 Å². The fourth-order valence-electron chi connectivity index (χ4n) is 3.68. The number of ether oxygens (including phenoxy) is 1. The summed E-state index contributed by atoms with van der Waals surface area (Å²) in [6.07, 6.45) is 2.75. The normalized spacial score (nSPS) is 14.1. The van der Waals surface area contributed by atoms with Crippen LogP contribution in [0.1, 0.15) is 18.5 Å². The van der Waals surface area contributed by atoms with Crippen molar-refractivity contribution in [1.82, 2.24) is 9.71 Å². The zero-order valence-corrected chi connectivity index (χ0v) is 17.7. The molecule has 6 nitrogen and oxygen atoms in total. The third-order valence-electron chi connectivity index (χ3n) is 5.50. The van der Waals surface area contributed by atoms with Crippen LogP contribution < -0.4 is 4.74 Å². The monoisotopic (exact) mass is 456 g/mol. The van der Waals surface area contributed by atoms with Crippen molar-refractivity contribution >= 4 is 9.84 Å². The predicted molar refractivity (Wildman–Crippen MR) is 113 cm³/mol. The van der Waals surface area contributed by atoms with Gasteiger partial charge in [-0.2, -0.15) is 4.73 Å². The second-order valence-electron chi connectivity index (χ2n) is 7.77. The first-order valence-electron chi connectivity index (χ1n) is 9.93. The van der Waals surface area contributed by atoms with Crippen LogP contribution in [-0.2, 0) is 9.84 Å². The highest BCUT2D eigenvalue weighted by molar-refractivity contribution is 7.92. The molecule has 164 valence electrons. The van der Waals surface area contributed by atoms with Crippen molar-refractivity contribution in [3.05, 3.63) is 72.1 Å². The zero-order chi connectivity index (χ0) is 22.6. The lowest BCUT2D eigenvalue weighted by atomic mass is 9.98. The second-order valence-corrected chi connectivity index (χ2v) is 10.0. The summed E-state index contributed by atoms with van der Waals surface area (Å²) in [7, 11) is -3.51. The maximum absolute atomic E-state index is 14.3. The summed E-state index contributed by atoms with van der Waals surface area (Å²) in [5.41, 5.74) is 1.96. The molecule has 0 atom stereocenters. The van der Waals surface area contributed by atoms with E-state index < -0.39 is 26.7 Å². The summed E-state index contributed by atoms with van der Waals surface area (Å²) < 4.78 is 60.0. The molecule has 0 radical (unpaired) electrons. The van der Waals surface area contributed by atoms with E-state index in [1.54, 1.807) is 19.1 Å². The highest BCUT2D eigenvalue weighted by atomic mass is 32.2. The van der Waals surface area contributed by atoms with Gasteiger partial charge in [-0.15, -0.1) is 0 Å². The van der Waals surface area contributed by atoms with E-state index in [1.807, 2.05) is 0 Å². The third kappa shape index (κ3) is 3.38. The van der Waals surface area contributed by atoms with Crippen LogP contribution in [0.4, 0.5) is 8.78 Å². The number of halogens is 2. The number of hydrogen-bond donors (Lipinski definition) is 1. The molecule has 0 bridgehead atoms. The maximum atomic E-state index is 14.3. The third-order valence-corrected chi connectivity index (χ3v) is 7.76. The van der Waals surface area contributed by atoms with Crippen molar-refractivity contribution < 1.29 is 27.1 Å². The average molecular weight is 456 g/mol. The molecule has 0 aromatic heterocycles. The largest absolute Gasteiger partial charge is 0.454 e. The van der Waals surface area contributed by atoms with Gasteiger partial charge in [0.15, 0.2) is 27.2 Å². The molecule has 2 aromatic carbocycles. The van der Waals surface area contributed by atoms with Crippen molar-refractivity contribution in [3.63, 3.8) is 0 Å². The lowest BCUT2D eigenvalue weighted by molar-refractivity contribution is 0.180. The number of sulfone groups is 1. The topological polar surface area (TPSA) is 81.4 Å². The quantitative estimate of drug-likeness (QED) is 0.417. The summed E-state index contributed by atoms with van der Waals surface area (Å²) in [5.74, 6) is -1.36. The van der Waals surface area contributed by atoms with Crippen LogP contribution in [0.3, 0.4) is 0 Å². The number of hydrogen-bond acceptors (Lipinski definition) is 5. The SMILES string of the molecule is Cc1cc(-c2cc(S(=O)(=O)C3CC3)ccc2Oc2ccc(F)cc2F)c2ccnc-2n1O. The molecular formula is C23H18F2N2O4S. The zero-order valence-electron chi connectivity index (χ0n) is 16.9. The van der Waals surface area contributed by atoms with Crippen LogP contribution in [0.2, 0.25) is 0 Å². The molecule has 0 unspecified atom stereocenters. The van der Waals surface area contributed by atoms with Gasteiger partial charge in [-0.1, -0.05) is 0 Å². The van der Waals surface area contributed by atoms with Gasteiger partial charge in [0.05, 0.1) is 15.8 Å². The molecule has 0 spiro atoms. The van der Waals surface area contributed by atoms with Crippen LogP contribution >= 0.6 is 0 Å². The van der Waals surface area contributed by atoms with E-state index >= 15 is 0 Å². The molecule has 5 rings (SSSR count). The van der Waals surface area contributed by atoms with Crippen molar-refractivity contribution in [2.24, 2.45) is 0 Å². The first-order chi connectivity index (χ1) is 15.3. The number of aryl methyl sites for hydroxylation is 1. The summed E-state index contributed by atoms with van der Waals surface area (Å²) >= 11 is 0. The molecule has 2 aromatic rings. The van der Waals surface area contributed by atoms with Crippen molar-refractivity contribution in [2.45, 2.75) is 29.9 Å². The van der Waals surface area contributed by atoms with Crippen LogP contribution in [0, 0.1) is 18.6 Å². The fourth-order valence-corrected chi connectivity index (χ4v) is 5.36. The number of benzene rings is 2. The summed E-state index contributed by atoms with van der Waals surface area (Å²) in [4.78, 5) is 4.30. The van der Waals surface area contributed by atoms with Gasteiger partial charge < -0.3 is 9.94 Å². The number of pyridine rings is 1. The van der Waals surface area contributed by atoms with Crippen molar-refractivity contribution in [1.29, 1.82) is 0 Å². The lowest BCUT2D eigenvalue weighted by Gasteiger charge is -2.18. The Morgan fingerprint density at radius 2 is 1.75 bits per heavy atom. The van der Waals surface area contributed by atoms with Crippen molar-refractivity contribution in [2.75, 3.05) is 0 Å².